The highest BCUT2D eigenvalue weighted by molar-refractivity contribution is 5.54. The van der Waals surface area contributed by atoms with Crippen molar-refractivity contribution in [3.63, 3.8) is 0 Å². The maximum Gasteiger partial charge on any atom is 0.0807 e. The van der Waals surface area contributed by atoms with Crippen LogP contribution in [0.4, 0.5) is 5.69 Å². The van der Waals surface area contributed by atoms with Crippen molar-refractivity contribution < 1.29 is 5.11 Å². The molecule has 0 aromatic heterocycles. The second-order valence-corrected chi connectivity index (χ2v) is 5.45. The molecule has 0 aliphatic carbocycles. The molecular weight excluding hydrogens is 236 g/mol. The molecule has 19 heavy (non-hydrogen) atoms. The molecule has 0 radical (unpaired) electrons. The Balaban J connectivity index is 1.99. The lowest BCUT2D eigenvalue weighted by Gasteiger charge is -2.26. The van der Waals surface area contributed by atoms with Crippen molar-refractivity contribution in [2.45, 2.75) is 32.3 Å². The third kappa shape index (κ3) is 3.71. The van der Waals surface area contributed by atoms with Gasteiger partial charge in [0.2, 0.25) is 0 Å². The number of para-hydroxylation sites is 1. The number of benzene rings is 1. The fraction of sp³-hybridized carbons (Fsp3) is 0.625. The van der Waals surface area contributed by atoms with E-state index in [2.05, 4.69) is 22.9 Å². The minimum absolute atomic E-state index is 0.356. The van der Waals surface area contributed by atoms with Gasteiger partial charge in [-0.05, 0) is 38.4 Å². The van der Waals surface area contributed by atoms with E-state index in [-0.39, 0.29) is 6.10 Å². The summed E-state index contributed by atoms with van der Waals surface area (Å²) in [5.74, 6) is 0. The van der Waals surface area contributed by atoms with E-state index in [1.165, 1.54) is 25.9 Å². The van der Waals surface area contributed by atoms with Crippen molar-refractivity contribution in [2.24, 2.45) is 0 Å². The van der Waals surface area contributed by atoms with Crippen molar-refractivity contribution in [2.75, 3.05) is 38.1 Å². The lowest BCUT2D eigenvalue weighted by atomic mass is 10.0. The molecule has 1 aromatic rings. The van der Waals surface area contributed by atoms with E-state index in [1.54, 1.807) is 0 Å². The molecule has 1 heterocycles. The Morgan fingerprint density at radius 3 is 2.63 bits per heavy atom. The smallest absolute Gasteiger partial charge is 0.0807 e. The zero-order chi connectivity index (χ0) is 13.7. The molecule has 1 saturated heterocycles. The van der Waals surface area contributed by atoms with E-state index < -0.39 is 0 Å². The Bertz CT molecular complexity index is 388. The molecule has 3 nitrogen and oxygen atoms in total. The summed E-state index contributed by atoms with van der Waals surface area (Å²) in [7, 11) is 2.12. The van der Waals surface area contributed by atoms with Crippen molar-refractivity contribution in [3.8, 4) is 0 Å². The van der Waals surface area contributed by atoms with Crippen LogP contribution < -0.4 is 4.90 Å². The van der Waals surface area contributed by atoms with Gasteiger partial charge in [-0.15, -0.1) is 0 Å². The number of anilines is 1. The minimum atomic E-state index is -0.356. The first-order valence-corrected chi connectivity index (χ1v) is 7.43. The van der Waals surface area contributed by atoms with Gasteiger partial charge in [-0.1, -0.05) is 25.1 Å². The third-order valence-corrected chi connectivity index (χ3v) is 4.04. The first kappa shape index (κ1) is 14.4. The summed E-state index contributed by atoms with van der Waals surface area (Å²) in [6.07, 6.45) is 3.09. The van der Waals surface area contributed by atoms with E-state index >= 15 is 0 Å². The highest BCUT2D eigenvalue weighted by atomic mass is 16.3. The lowest BCUT2D eigenvalue weighted by molar-refractivity contribution is 0.174. The van der Waals surface area contributed by atoms with Crippen LogP contribution in [0.15, 0.2) is 24.3 Å². The van der Waals surface area contributed by atoms with Gasteiger partial charge in [-0.3, -0.25) is 0 Å². The molecule has 0 spiro atoms. The third-order valence-electron chi connectivity index (χ3n) is 4.04. The monoisotopic (exact) mass is 262 g/mol. The molecule has 0 saturated carbocycles. The van der Waals surface area contributed by atoms with Crippen LogP contribution in [0.2, 0.25) is 0 Å². The number of rotatable bonds is 6. The molecule has 1 aliphatic heterocycles. The van der Waals surface area contributed by atoms with Gasteiger partial charge in [0.1, 0.15) is 0 Å². The molecular formula is C16H26N2O. The van der Waals surface area contributed by atoms with Crippen molar-refractivity contribution in [1.82, 2.24) is 4.90 Å². The number of hydrogen-bond acceptors (Lipinski definition) is 3. The summed E-state index contributed by atoms with van der Waals surface area (Å²) in [4.78, 5) is 4.79. The van der Waals surface area contributed by atoms with Gasteiger partial charge in [-0.25, -0.2) is 0 Å². The quantitative estimate of drug-likeness (QED) is 0.854. The molecule has 1 aromatic carbocycles. The van der Waals surface area contributed by atoms with Gasteiger partial charge in [-0.2, -0.15) is 0 Å². The lowest BCUT2D eigenvalue weighted by Crippen LogP contribution is -2.32. The van der Waals surface area contributed by atoms with Gasteiger partial charge in [0, 0.05) is 31.4 Å². The number of aliphatic hydroxyl groups excluding tert-OH is 1. The fourth-order valence-corrected chi connectivity index (χ4v) is 2.75. The molecule has 0 amide bonds. The number of nitrogens with zero attached hydrogens (tertiary/aromatic N) is 2. The van der Waals surface area contributed by atoms with Crippen LogP contribution in [-0.2, 0) is 0 Å². The first-order chi connectivity index (χ1) is 9.22. The van der Waals surface area contributed by atoms with Gasteiger partial charge < -0.3 is 14.9 Å². The molecule has 2 rings (SSSR count). The topological polar surface area (TPSA) is 26.7 Å². The van der Waals surface area contributed by atoms with E-state index in [9.17, 15) is 5.11 Å². The Hall–Kier alpha value is -1.06. The maximum absolute atomic E-state index is 10.1. The number of likely N-dealkylation sites (N-methyl/N-ethyl adjacent to an activating group) is 1. The number of hydrogen-bond donors (Lipinski definition) is 1. The second-order valence-electron chi connectivity index (χ2n) is 5.45. The van der Waals surface area contributed by atoms with E-state index in [4.69, 9.17) is 0 Å². The van der Waals surface area contributed by atoms with Gasteiger partial charge >= 0.3 is 0 Å². The van der Waals surface area contributed by atoms with Gasteiger partial charge in [0.05, 0.1) is 6.10 Å². The molecule has 1 aliphatic rings. The van der Waals surface area contributed by atoms with Gasteiger partial charge in [0.15, 0.2) is 0 Å². The maximum atomic E-state index is 10.1. The summed E-state index contributed by atoms with van der Waals surface area (Å²) >= 11 is 0. The number of aliphatic hydroxyl groups is 1. The average Bonchev–Trinajstić information content (AvgIpc) is 2.97. The Labute approximate surface area is 116 Å². The predicted molar refractivity (Wildman–Crippen MR) is 80.6 cm³/mol. The van der Waals surface area contributed by atoms with E-state index in [1.807, 2.05) is 25.1 Å². The van der Waals surface area contributed by atoms with Crippen LogP contribution in [0.3, 0.4) is 0 Å². The van der Waals surface area contributed by atoms with Crippen LogP contribution in [-0.4, -0.2) is 43.2 Å². The van der Waals surface area contributed by atoms with Crippen molar-refractivity contribution >= 4 is 5.69 Å². The Kier molecular flexibility index (Phi) is 5.23. The molecule has 1 unspecified atom stereocenters. The standard InChI is InChI=1S/C16H26N2O/c1-3-16(19)14-8-4-5-9-15(14)17(2)12-13-18-10-6-7-11-18/h4-5,8-9,16,19H,3,6-7,10-13H2,1-2H3. The average molecular weight is 262 g/mol. The Morgan fingerprint density at radius 2 is 1.95 bits per heavy atom. The summed E-state index contributed by atoms with van der Waals surface area (Å²) in [6.45, 7) is 6.65. The zero-order valence-electron chi connectivity index (χ0n) is 12.2. The summed E-state index contributed by atoms with van der Waals surface area (Å²) in [5, 5.41) is 10.1. The van der Waals surface area contributed by atoms with Crippen molar-refractivity contribution in [1.29, 1.82) is 0 Å². The van der Waals surface area contributed by atoms with Crippen LogP contribution >= 0.6 is 0 Å². The Morgan fingerprint density at radius 1 is 1.26 bits per heavy atom. The number of likely N-dealkylation sites (tertiary alicyclic amines) is 1. The van der Waals surface area contributed by atoms with Crippen LogP contribution in [0, 0.1) is 0 Å². The molecule has 1 fully saturated rings. The van der Waals surface area contributed by atoms with E-state index in [0.717, 1.165) is 30.8 Å². The predicted octanol–water partition coefficient (Wildman–Crippen LogP) is 2.66. The zero-order valence-corrected chi connectivity index (χ0v) is 12.2. The summed E-state index contributed by atoms with van der Waals surface area (Å²) < 4.78 is 0. The van der Waals surface area contributed by atoms with Crippen molar-refractivity contribution in [3.05, 3.63) is 29.8 Å². The highest BCUT2D eigenvalue weighted by Crippen LogP contribution is 2.27. The summed E-state index contributed by atoms with van der Waals surface area (Å²) in [6, 6.07) is 8.20. The molecule has 3 heteroatoms. The molecule has 106 valence electrons. The van der Waals surface area contributed by atoms with Crippen LogP contribution in [0.5, 0.6) is 0 Å². The normalized spacial score (nSPS) is 17.6. The second kappa shape index (κ2) is 6.92. The highest BCUT2D eigenvalue weighted by Gasteiger charge is 2.15. The van der Waals surface area contributed by atoms with Crippen LogP contribution in [0.25, 0.3) is 0 Å². The SMILES string of the molecule is CCC(O)c1ccccc1N(C)CCN1CCCC1. The minimum Gasteiger partial charge on any atom is -0.388 e. The molecule has 1 atom stereocenters. The van der Waals surface area contributed by atoms with Gasteiger partial charge in [0.25, 0.3) is 0 Å². The first-order valence-electron chi connectivity index (χ1n) is 7.43. The molecule has 1 N–H and O–H groups in total. The molecule has 0 bridgehead atoms. The largest absolute Gasteiger partial charge is 0.388 e. The fourth-order valence-electron chi connectivity index (χ4n) is 2.75. The van der Waals surface area contributed by atoms with E-state index in [0.29, 0.717) is 0 Å². The van der Waals surface area contributed by atoms with Crippen LogP contribution in [0.1, 0.15) is 37.9 Å². The summed E-state index contributed by atoms with van der Waals surface area (Å²) in [5.41, 5.74) is 2.21.